The number of aryl methyl sites for hydroxylation is 2. The van der Waals surface area contributed by atoms with Crippen molar-refractivity contribution in [1.82, 2.24) is 4.90 Å². The van der Waals surface area contributed by atoms with Crippen LogP contribution in [0.3, 0.4) is 0 Å². The molecular weight excluding hydrogens is 304 g/mol. The van der Waals surface area contributed by atoms with Crippen molar-refractivity contribution in [2.75, 3.05) is 31.1 Å². The van der Waals surface area contributed by atoms with Crippen molar-refractivity contribution >= 4 is 17.5 Å². The zero-order valence-electron chi connectivity index (χ0n) is 14.5. The number of hydrogen-bond donors (Lipinski definition) is 1. The summed E-state index contributed by atoms with van der Waals surface area (Å²) in [6, 6.07) is 6.09. The van der Waals surface area contributed by atoms with Crippen molar-refractivity contribution in [3.63, 3.8) is 0 Å². The van der Waals surface area contributed by atoms with E-state index in [1.54, 1.807) is 9.80 Å². The Kier molecular flexibility index (Phi) is 4.90. The molecule has 1 aromatic carbocycles. The van der Waals surface area contributed by atoms with Crippen LogP contribution in [-0.2, 0) is 9.59 Å². The molecule has 0 aliphatic carbocycles. The highest BCUT2D eigenvalue weighted by Gasteiger charge is 2.40. The van der Waals surface area contributed by atoms with Gasteiger partial charge in [0.15, 0.2) is 0 Å². The molecule has 2 heterocycles. The minimum absolute atomic E-state index is 0.0386. The van der Waals surface area contributed by atoms with Crippen molar-refractivity contribution in [3.05, 3.63) is 29.3 Å². The van der Waals surface area contributed by atoms with Crippen LogP contribution in [-0.4, -0.2) is 48.1 Å². The summed E-state index contributed by atoms with van der Waals surface area (Å²) in [5.41, 5.74) is 3.14. The maximum absolute atomic E-state index is 12.8. The lowest BCUT2D eigenvalue weighted by atomic mass is 9.96. The number of carbonyl (C=O) groups is 2. The molecule has 3 rings (SSSR count). The second-order valence-electron chi connectivity index (χ2n) is 7.13. The Morgan fingerprint density at radius 1 is 1.08 bits per heavy atom. The fraction of sp³-hybridized carbons (Fsp3) is 0.579. The van der Waals surface area contributed by atoms with E-state index in [1.807, 2.05) is 26.0 Å². The van der Waals surface area contributed by atoms with E-state index in [0.717, 1.165) is 29.7 Å². The number of hydrogen-bond acceptors (Lipinski definition) is 3. The maximum Gasteiger partial charge on any atom is 0.239 e. The van der Waals surface area contributed by atoms with Crippen LogP contribution < -0.4 is 4.90 Å². The van der Waals surface area contributed by atoms with Crippen LogP contribution in [0.1, 0.15) is 30.4 Å². The SMILES string of the molecule is Cc1cc(C)cc(N2CCC(C(=O)N3CCC(CO)CC3)C2=O)c1. The second kappa shape index (κ2) is 6.93. The zero-order chi connectivity index (χ0) is 17.3. The topological polar surface area (TPSA) is 60.9 Å². The number of amides is 2. The van der Waals surface area contributed by atoms with Crippen molar-refractivity contribution in [3.8, 4) is 0 Å². The maximum atomic E-state index is 12.8. The van der Waals surface area contributed by atoms with Crippen LogP contribution in [0, 0.1) is 25.7 Å². The number of likely N-dealkylation sites (tertiary alicyclic amines) is 1. The fourth-order valence-corrected chi connectivity index (χ4v) is 3.83. The van der Waals surface area contributed by atoms with E-state index in [9.17, 15) is 14.7 Å². The molecule has 1 aromatic rings. The smallest absolute Gasteiger partial charge is 0.239 e. The molecule has 0 radical (unpaired) electrons. The summed E-state index contributed by atoms with van der Waals surface area (Å²) in [6.45, 7) is 6.13. The van der Waals surface area contributed by atoms with Gasteiger partial charge in [0, 0.05) is 31.9 Å². The first kappa shape index (κ1) is 17.0. The summed E-state index contributed by atoms with van der Waals surface area (Å²) < 4.78 is 0. The van der Waals surface area contributed by atoms with Crippen LogP contribution in [0.5, 0.6) is 0 Å². The van der Waals surface area contributed by atoms with Gasteiger partial charge in [0.05, 0.1) is 0 Å². The van der Waals surface area contributed by atoms with E-state index >= 15 is 0 Å². The highest BCUT2D eigenvalue weighted by Crippen LogP contribution is 2.29. The van der Waals surface area contributed by atoms with E-state index in [1.165, 1.54) is 0 Å². The minimum Gasteiger partial charge on any atom is -0.396 e. The summed E-state index contributed by atoms with van der Waals surface area (Å²) in [5, 5.41) is 9.21. The molecule has 2 aliphatic heterocycles. The first-order valence-corrected chi connectivity index (χ1v) is 8.79. The molecule has 0 bridgehead atoms. The summed E-state index contributed by atoms with van der Waals surface area (Å²) in [4.78, 5) is 29.1. The number of benzene rings is 1. The zero-order valence-corrected chi connectivity index (χ0v) is 14.5. The number of rotatable bonds is 3. The lowest BCUT2D eigenvalue weighted by Crippen LogP contribution is -2.44. The molecule has 1 N–H and O–H groups in total. The van der Waals surface area contributed by atoms with Gasteiger partial charge in [0.1, 0.15) is 5.92 Å². The highest BCUT2D eigenvalue weighted by atomic mass is 16.3. The Balaban J connectivity index is 1.68. The van der Waals surface area contributed by atoms with Crippen LogP contribution in [0.4, 0.5) is 5.69 Å². The average Bonchev–Trinajstić information content (AvgIpc) is 2.95. The van der Waals surface area contributed by atoms with Crippen molar-refractivity contribution in [1.29, 1.82) is 0 Å². The second-order valence-corrected chi connectivity index (χ2v) is 7.13. The summed E-state index contributed by atoms with van der Waals surface area (Å²) in [6.07, 6.45) is 2.23. The van der Waals surface area contributed by atoms with E-state index in [-0.39, 0.29) is 18.4 Å². The lowest BCUT2D eigenvalue weighted by Gasteiger charge is -2.32. The molecule has 1 unspecified atom stereocenters. The number of aliphatic hydroxyl groups is 1. The van der Waals surface area contributed by atoms with Crippen molar-refractivity contribution < 1.29 is 14.7 Å². The Morgan fingerprint density at radius 2 is 1.71 bits per heavy atom. The first-order valence-electron chi connectivity index (χ1n) is 8.79. The normalized spacial score (nSPS) is 22.3. The Bertz CT molecular complexity index is 615. The van der Waals surface area contributed by atoms with Gasteiger partial charge in [0.25, 0.3) is 0 Å². The predicted octanol–water partition coefficient (Wildman–Crippen LogP) is 1.89. The van der Waals surface area contributed by atoms with Gasteiger partial charge in [-0.1, -0.05) is 6.07 Å². The van der Waals surface area contributed by atoms with E-state index in [2.05, 4.69) is 6.07 Å². The molecule has 1 atom stereocenters. The van der Waals surface area contributed by atoms with Crippen LogP contribution in [0.25, 0.3) is 0 Å². The number of nitrogens with zero attached hydrogens (tertiary/aromatic N) is 2. The molecule has 0 spiro atoms. The van der Waals surface area contributed by atoms with E-state index < -0.39 is 5.92 Å². The van der Waals surface area contributed by atoms with Gasteiger partial charge in [-0.25, -0.2) is 0 Å². The average molecular weight is 330 g/mol. The monoisotopic (exact) mass is 330 g/mol. The Hall–Kier alpha value is -1.88. The Labute approximate surface area is 143 Å². The van der Waals surface area contributed by atoms with Gasteiger partial charge in [-0.05, 0) is 62.3 Å². The van der Waals surface area contributed by atoms with Gasteiger partial charge < -0.3 is 14.9 Å². The molecule has 5 heteroatoms. The molecule has 2 aliphatic rings. The minimum atomic E-state index is -0.545. The molecule has 2 fully saturated rings. The fourth-order valence-electron chi connectivity index (χ4n) is 3.83. The van der Waals surface area contributed by atoms with Gasteiger partial charge in [-0.15, -0.1) is 0 Å². The predicted molar refractivity (Wildman–Crippen MR) is 92.8 cm³/mol. The number of aliphatic hydroxyl groups excluding tert-OH is 1. The lowest BCUT2D eigenvalue weighted by molar-refractivity contribution is -0.141. The Morgan fingerprint density at radius 3 is 2.29 bits per heavy atom. The molecule has 0 saturated carbocycles. The molecule has 130 valence electrons. The molecule has 2 amide bonds. The van der Waals surface area contributed by atoms with Crippen LogP contribution >= 0.6 is 0 Å². The summed E-state index contributed by atoms with van der Waals surface area (Å²) >= 11 is 0. The number of piperidine rings is 1. The third-order valence-corrected chi connectivity index (χ3v) is 5.21. The summed E-state index contributed by atoms with van der Waals surface area (Å²) in [7, 11) is 0. The third-order valence-electron chi connectivity index (χ3n) is 5.21. The third kappa shape index (κ3) is 3.31. The van der Waals surface area contributed by atoms with Crippen LogP contribution in [0.15, 0.2) is 18.2 Å². The number of carbonyl (C=O) groups excluding carboxylic acids is 2. The summed E-state index contributed by atoms with van der Waals surface area (Å²) in [5.74, 6) is -0.367. The quantitative estimate of drug-likeness (QED) is 0.861. The van der Waals surface area contributed by atoms with Gasteiger partial charge in [0.2, 0.25) is 11.8 Å². The largest absolute Gasteiger partial charge is 0.396 e. The molecular formula is C19H26N2O3. The first-order chi connectivity index (χ1) is 11.5. The molecule has 24 heavy (non-hydrogen) atoms. The molecule has 2 saturated heterocycles. The van der Waals surface area contributed by atoms with Crippen molar-refractivity contribution in [2.45, 2.75) is 33.1 Å². The molecule has 0 aromatic heterocycles. The standard InChI is InChI=1S/C19H26N2O3/c1-13-9-14(2)11-16(10-13)21-8-5-17(19(21)24)18(23)20-6-3-15(12-22)4-7-20/h9-11,15,17,22H,3-8,12H2,1-2H3. The molecule has 5 nitrogen and oxygen atoms in total. The van der Waals surface area contributed by atoms with Crippen LogP contribution in [0.2, 0.25) is 0 Å². The van der Waals surface area contributed by atoms with E-state index in [0.29, 0.717) is 32.0 Å². The van der Waals surface area contributed by atoms with Gasteiger partial charge in [-0.2, -0.15) is 0 Å². The van der Waals surface area contributed by atoms with E-state index in [4.69, 9.17) is 0 Å². The number of anilines is 1. The van der Waals surface area contributed by atoms with Gasteiger partial charge in [-0.3, -0.25) is 9.59 Å². The van der Waals surface area contributed by atoms with Crippen molar-refractivity contribution in [2.24, 2.45) is 11.8 Å². The van der Waals surface area contributed by atoms with Gasteiger partial charge >= 0.3 is 0 Å². The highest BCUT2D eigenvalue weighted by molar-refractivity contribution is 6.09.